The Bertz CT molecular complexity index is 680. The third-order valence-corrected chi connectivity index (χ3v) is 3.14. The Balaban J connectivity index is 2.34. The molecule has 0 atom stereocenters. The summed E-state index contributed by atoms with van der Waals surface area (Å²) in [5.74, 6) is -0.156. The second-order valence-electron chi connectivity index (χ2n) is 3.54. The third kappa shape index (κ3) is 3.20. The van der Waals surface area contributed by atoms with Crippen molar-refractivity contribution in [3.8, 4) is 17.6 Å². The molecular formula is C13H7IN2O3. The van der Waals surface area contributed by atoms with Gasteiger partial charge in [-0.05, 0) is 46.9 Å². The van der Waals surface area contributed by atoms with Gasteiger partial charge >= 0.3 is 5.97 Å². The summed E-state index contributed by atoms with van der Waals surface area (Å²) in [7, 11) is 0. The minimum absolute atomic E-state index is 0.143. The maximum absolute atomic E-state index is 10.9. The van der Waals surface area contributed by atoms with Crippen LogP contribution in [0.5, 0.6) is 11.5 Å². The molecule has 0 radical (unpaired) electrons. The number of aromatic nitrogens is 1. The van der Waals surface area contributed by atoms with Gasteiger partial charge in [-0.15, -0.1) is 0 Å². The molecule has 0 saturated heterocycles. The van der Waals surface area contributed by atoms with Crippen molar-refractivity contribution in [2.45, 2.75) is 0 Å². The van der Waals surface area contributed by atoms with Crippen molar-refractivity contribution in [2.24, 2.45) is 0 Å². The normalized spacial score (nSPS) is 9.68. The number of aromatic carboxylic acids is 1. The van der Waals surface area contributed by atoms with Crippen molar-refractivity contribution in [3.63, 3.8) is 0 Å². The van der Waals surface area contributed by atoms with Crippen molar-refractivity contribution >= 4 is 28.6 Å². The van der Waals surface area contributed by atoms with Crippen LogP contribution in [0.25, 0.3) is 0 Å². The summed E-state index contributed by atoms with van der Waals surface area (Å²) in [6.45, 7) is 0. The fourth-order valence-electron chi connectivity index (χ4n) is 1.38. The molecule has 0 aliphatic rings. The number of benzene rings is 1. The van der Waals surface area contributed by atoms with Crippen LogP contribution in [0.2, 0.25) is 0 Å². The van der Waals surface area contributed by atoms with Gasteiger partial charge in [0.1, 0.15) is 23.3 Å². The number of nitrogens with zero attached hydrogens (tertiary/aromatic N) is 2. The number of hydrogen-bond donors (Lipinski definition) is 1. The summed E-state index contributed by atoms with van der Waals surface area (Å²) >= 11 is 2.05. The Labute approximate surface area is 122 Å². The first kappa shape index (κ1) is 13.3. The summed E-state index contributed by atoms with van der Waals surface area (Å²) in [6, 6.07) is 9.61. The lowest BCUT2D eigenvalue weighted by atomic mass is 10.2. The highest BCUT2D eigenvalue weighted by atomic mass is 127. The molecule has 1 N–H and O–H groups in total. The van der Waals surface area contributed by atoms with Gasteiger partial charge in [0.05, 0.1) is 9.13 Å². The first-order valence-electron chi connectivity index (χ1n) is 5.17. The van der Waals surface area contributed by atoms with Gasteiger partial charge in [0.25, 0.3) is 0 Å². The molecule has 0 fully saturated rings. The Morgan fingerprint density at radius 1 is 1.37 bits per heavy atom. The lowest BCUT2D eigenvalue weighted by molar-refractivity contribution is 0.0696. The molecular weight excluding hydrogens is 359 g/mol. The Morgan fingerprint density at radius 3 is 2.84 bits per heavy atom. The van der Waals surface area contributed by atoms with E-state index in [2.05, 4.69) is 4.98 Å². The number of nitriles is 1. The molecule has 0 aliphatic carbocycles. The van der Waals surface area contributed by atoms with Gasteiger partial charge in [0.2, 0.25) is 0 Å². The largest absolute Gasteiger partial charge is 0.478 e. The van der Waals surface area contributed by atoms with Crippen molar-refractivity contribution in [3.05, 3.63) is 51.4 Å². The lowest BCUT2D eigenvalue weighted by Crippen LogP contribution is -1.98. The van der Waals surface area contributed by atoms with Gasteiger partial charge in [-0.1, -0.05) is 0 Å². The number of pyridine rings is 1. The summed E-state index contributed by atoms with van der Waals surface area (Å²) in [4.78, 5) is 14.7. The molecule has 19 heavy (non-hydrogen) atoms. The summed E-state index contributed by atoms with van der Waals surface area (Å²) < 4.78 is 6.36. The molecule has 2 aromatic rings. The van der Waals surface area contributed by atoms with Crippen LogP contribution < -0.4 is 4.74 Å². The predicted octanol–water partition coefficient (Wildman–Crippen LogP) is 3.05. The van der Waals surface area contributed by atoms with Crippen molar-refractivity contribution in [2.75, 3.05) is 0 Å². The second kappa shape index (κ2) is 5.67. The molecule has 0 amide bonds. The molecule has 0 spiro atoms. The zero-order chi connectivity index (χ0) is 13.8. The Morgan fingerprint density at radius 2 is 2.16 bits per heavy atom. The van der Waals surface area contributed by atoms with Crippen molar-refractivity contribution in [1.29, 1.82) is 5.26 Å². The van der Waals surface area contributed by atoms with E-state index in [4.69, 9.17) is 15.1 Å². The minimum atomic E-state index is -1.02. The van der Waals surface area contributed by atoms with E-state index >= 15 is 0 Å². The van der Waals surface area contributed by atoms with E-state index in [0.717, 1.165) is 3.57 Å². The number of carbonyl (C=O) groups is 1. The van der Waals surface area contributed by atoms with Gasteiger partial charge in [-0.3, -0.25) is 0 Å². The maximum Gasteiger partial charge on any atom is 0.335 e. The Kier molecular flexibility index (Phi) is 3.97. The van der Waals surface area contributed by atoms with Crippen molar-refractivity contribution < 1.29 is 14.6 Å². The molecule has 0 saturated carbocycles. The second-order valence-corrected chi connectivity index (χ2v) is 4.70. The lowest BCUT2D eigenvalue weighted by Gasteiger charge is -2.08. The average Bonchev–Trinajstić information content (AvgIpc) is 2.41. The molecule has 0 aliphatic heterocycles. The SMILES string of the molecule is N#Cc1cc(Oc2cc(C(=O)O)ccc2I)ccn1. The monoisotopic (exact) mass is 366 g/mol. The van der Waals surface area contributed by atoms with Crippen LogP contribution in [-0.4, -0.2) is 16.1 Å². The first-order valence-corrected chi connectivity index (χ1v) is 6.25. The highest BCUT2D eigenvalue weighted by Gasteiger charge is 2.09. The highest BCUT2D eigenvalue weighted by molar-refractivity contribution is 14.1. The van der Waals surface area contributed by atoms with E-state index in [1.54, 1.807) is 12.1 Å². The van der Waals surface area contributed by atoms with Gasteiger partial charge in [-0.25, -0.2) is 9.78 Å². The van der Waals surface area contributed by atoms with Crippen LogP contribution >= 0.6 is 22.6 Å². The summed E-state index contributed by atoms with van der Waals surface area (Å²) in [6.07, 6.45) is 1.46. The molecule has 94 valence electrons. The van der Waals surface area contributed by atoms with Crippen LogP contribution in [0, 0.1) is 14.9 Å². The molecule has 1 heterocycles. The molecule has 0 unspecified atom stereocenters. The minimum Gasteiger partial charge on any atom is -0.478 e. The Hall–Kier alpha value is -2.14. The topological polar surface area (TPSA) is 83.2 Å². The van der Waals surface area contributed by atoms with E-state index in [1.165, 1.54) is 24.4 Å². The van der Waals surface area contributed by atoms with Gasteiger partial charge in [0, 0.05) is 12.3 Å². The molecule has 0 bridgehead atoms. The van der Waals surface area contributed by atoms with Crippen molar-refractivity contribution in [1.82, 2.24) is 4.98 Å². The quantitative estimate of drug-likeness (QED) is 0.845. The van der Waals surface area contributed by atoms with Crippen LogP contribution in [0.3, 0.4) is 0 Å². The summed E-state index contributed by atoms with van der Waals surface area (Å²) in [5.41, 5.74) is 0.381. The highest BCUT2D eigenvalue weighted by Crippen LogP contribution is 2.27. The van der Waals surface area contributed by atoms with E-state index in [1.807, 2.05) is 28.7 Å². The number of carboxylic acid groups (broad SMARTS) is 1. The molecule has 2 rings (SSSR count). The number of halogens is 1. The van der Waals surface area contributed by atoms with Crippen LogP contribution in [-0.2, 0) is 0 Å². The molecule has 5 nitrogen and oxygen atoms in total. The van der Waals surface area contributed by atoms with Gasteiger partial charge < -0.3 is 9.84 Å². The number of ether oxygens (including phenoxy) is 1. The van der Waals surface area contributed by atoms with Gasteiger partial charge in [-0.2, -0.15) is 5.26 Å². The van der Waals surface area contributed by atoms with E-state index < -0.39 is 5.97 Å². The fraction of sp³-hybridized carbons (Fsp3) is 0. The number of rotatable bonds is 3. The maximum atomic E-state index is 10.9. The molecule has 1 aromatic carbocycles. The van der Waals surface area contributed by atoms with Gasteiger partial charge in [0.15, 0.2) is 0 Å². The first-order chi connectivity index (χ1) is 9.10. The predicted molar refractivity (Wildman–Crippen MR) is 75.1 cm³/mol. The molecule has 1 aromatic heterocycles. The standard InChI is InChI=1S/C13H7IN2O3/c14-11-2-1-8(13(17)18)5-12(11)19-10-3-4-16-9(6-10)7-15/h1-6H,(H,17,18). The smallest absolute Gasteiger partial charge is 0.335 e. The van der Waals surface area contributed by atoms with Crippen LogP contribution in [0.15, 0.2) is 36.5 Å². The van der Waals surface area contributed by atoms with E-state index in [-0.39, 0.29) is 11.3 Å². The number of hydrogen-bond acceptors (Lipinski definition) is 4. The third-order valence-electron chi connectivity index (χ3n) is 2.25. The number of carboxylic acids is 1. The van der Waals surface area contributed by atoms with Crippen LogP contribution in [0.1, 0.15) is 16.1 Å². The van der Waals surface area contributed by atoms with E-state index in [0.29, 0.717) is 11.5 Å². The zero-order valence-electron chi connectivity index (χ0n) is 9.50. The molecule has 6 heteroatoms. The van der Waals surface area contributed by atoms with Crippen LogP contribution in [0.4, 0.5) is 0 Å². The van der Waals surface area contributed by atoms with E-state index in [9.17, 15) is 4.79 Å². The fourth-order valence-corrected chi connectivity index (χ4v) is 1.82. The zero-order valence-corrected chi connectivity index (χ0v) is 11.7. The summed E-state index contributed by atoms with van der Waals surface area (Å²) in [5, 5.41) is 17.7. The average molecular weight is 366 g/mol.